The van der Waals surface area contributed by atoms with E-state index in [4.69, 9.17) is 10.5 Å². The first-order chi connectivity index (χ1) is 9.96. The van der Waals surface area contributed by atoms with Gasteiger partial charge in [-0.25, -0.2) is 4.98 Å². The van der Waals surface area contributed by atoms with E-state index in [0.29, 0.717) is 18.2 Å². The van der Waals surface area contributed by atoms with Gasteiger partial charge in [0.15, 0.2) is 6.61 Å². The Labute approximate surface area is 131 Å². The SMILES string of the molecule is Cl.NCc1ccnc(Oc2ccc(OCC(F)(F)F)cc2)c1. The Balaban J connectivity index is 0.00000242. The summed E-state index contributed by atoms with van der Waals surface area (Å²) in [7, 11) is 0. The molecular weight excluding hydrogens is 321 g/mol. The second-order valence-corrected chi connectivity index (χ2v) is 4.18. The zero-order valence-corrected chi connectivity index (χ0v) is 12.2. The Morgan fingerprint density at radius 2 is 1.68 bits per heavy atom. The highest BCUT2D eigenvalue weighted by Gasteiger charge is 2.28. The Hall–Kier alpha value is -1.99. The lowest BCUT2D eigenvalue weighted by atomic mass is 10.3. The lowest BCUT2D eigenvalue weighted by Crippen LogP contribution is -2.19. The van der Waals surface area contributed by atoms with Crippen LogP contribution in [0.5, 0.6) is 17.4 Å². The molecule has 0 saturated carbocycles. The van der Waals surface area contributed by atoms with Gasteiger partial charge in [-0.15, -0.1) is 12.4 Å². The van der Waals surface area contributed by atoms with Crippen molar-refractivity contribution in [2.75, 3.05) is 6.61 Å². The van der Waals surface area contributed by atoms with E-state index >= 15 is 0 Å². The first-order valence-electron chi connectivity index (χ1n) is 6.09. The highest BCUT2D eigenvalue weighted by atomic mass is 35.5. The van der Waals surface area contributed by atoms with Crippen LogP contribution in [0.1, 0.15) is 5.56 Å². The molecule has 2 rings (SSSR count). The maximum Gasteiger partial charge on any atom is 0.422 e. The van der Waals surface area contributed by atoms with E-state index in [1.807, 2.05) is 0 Å². The molecule has 1 aromatic carbocycles. The third-order valence-corrected chi connectivity index (χ3v) is 2.48. The number of halogens is 4. The van der Waals surface area contributed by atoms with Gasteiger partial charge in [-0.2, -0.15) is 13.2 Å². The molecule has 0 aliphatic rings. The molecule has 4 nitrogen and oxygen atoms in total. The maximum atomic E-state index is 12.0. The minimum absolute atomic E-state index is 0. The molecule has 0 fully saturated rings. The molecule has 0 unspecified atom stereocenters. The molecule has 1 aromatic heterocycles. The van der Waals surface area contributed by atoms with Gasteiger partial charge in [-0.05, 0) is 35.9 Å². The highest BCUT2D eigenvalue weighted by molar-refractivity contribution is 5.85. The Bertz CT molecular complexity index is 591. The van der Waals surface area contributed by atoms with Crippen LogP contribution in [0.3, 0.4) is 0 Å². The van der Waals surface area contributed by atoms with Gasteiger partial charge in [0.2, 0.25) is 5.88 Å². The molecule has 0 atom stereocenters. The van der Waals surface area contributed by atoms with E-state index in [9.17, 15) is 13.2 Å². The standard InChI is InChI=1S/C14H13F3N2O2.ClH/c15-14(16,17)9-20-11-1-3-12(4-2-11)21-13-7-10(8-18)5-6-19-13;/h1-7H,8-9,18H2;1H. The van der Waals surface area contributed by atoms with Crippen LogP contribution in [0.4, 0.5) is 13.2 Å². The number of hydrogen-bond donors (Lipinski definition) is 1. The van der Waals surface area contributed by atoms with Gasteiger partial charge in [-0.1, -0.05) is 0 Å². The molecule has 22 heavy (non-hydrogen) atoms. The molecule has 0 aliphatic heterocycles. The van der Waals surface area contributed by atoms with Crippen molar-refractivity contribution in [3.8, 4) is 17.4 Å². The average molecular weight is 335 g/mol. The molecule has 120 valence electrons. The first-order valence-corrected chi connectivity index (χ1v) is 6.09. The normalized spacial score (nSPS) is 10.7. The van der Waals surface area contributed by atoms with Crippen LogP contribution in [0, 0.1) is 0 Å². The molecule has 0 bridgehead atoms. The van der Waals surface area contributed by atoms with Gasteiger partial charge in [0, 0.05) is 18.8 Å². The summed E-state index contributed by atoms with van der Waals surface area (Å²) >= 11 is 0. The first kappa shape index (κ1) is 18.1. The van der Waals surface area contributed by atoms with Crippen molar-refractivity contribution in [2.45, 2.75) is 12.7 Å². The molecule has 0 radical (unpaired) electrons. The van der Waals surface area contributed by atoms with Crippen molar-refractivity contribution in [3.63, 3.8) is 0 Å². The quantitative estimate of drug-likeness (QED) is 0.906. The summed E-state index contributed by atoms with van der Waals surface area (Å²) in [5, 5.41) is 0. The summed E-state index contributed by atoms with van der Waals surface area (Å²) < 4.78 is 46.1. The summed E-state index contributed by atoms with van der Waals surface area (Å²) in [6.07, 6.45) is -2.79. The molecule has 0 spiro atoms. The predicted octanol–water partition coefficient (Wildman–Crippen LogP) is 3.70. The lowest BCUT2D eigenvalue weighted by molar-refractivity contribution is -0.153. The van der Waals surface area contributed by atoms with Crippen molar-refractivity contribution in [1.82, 2.24) is 4.98 Å². The minimum atomic E-state index is -4.36. The van der Waals surface area contributed by atoms with Gasteiger partial charge in [0.25, 0.3) is 0 Å². The Morgan fingerprint density at radius 1 is 1.05 bits per heavy atom. The zero-order chi connectivity index (χ0) is 15.3. The van der Waals surface area contributed by atoms with Gasteiger partial charge in [0.1, 0.15) is 11.5 Å². The largest absolute Gasteiger partial charge is 0.484 e. The Morgan fingerprint density at radius 3 is 2.27 bits per heavy atom. The monoisotopic (exact) mass is 334 g/mol. The van der Waals surface area contributed by atoms with Crippen LogP contribution in [0.2, 0.25) is 0 Å². The van der Waals surface area contributed by atoms with E-state index < -0.39 is 12.8 Å². The third kappa shape index (κ3) is 5.79. The molecule has 0 amide bonds. The van der Waals surface area contributed by atoms with Crippen LogP contribution < -0.4 is 15.2 Å². The Kier molecular flexibility index (Phi) is 6.45. The van der Waals surface area contributed by atoms with E-state index in [0.717, 1.165) is 5.56 Å². The molecule has 1 heterocycles. The molecule has 0 aliphatic carbocycles. The fourth-order valence-corrected chi connectivity index (χ4v) is 1.52. The number of alkyl halides is 3. The molecular formula is C14H14ClF3N2O2. The van der Waals surface area contributed by atoms with E-state index in [1.54, 1.807) is 18.3 Å². The van der Waals surface area contributed by atoms with Crippen molar-refractivity contribution in [3.05, 3.63) is 48.2 Å². The fraction of sp³-hybridized carbons (Fsp3) is 0.214. The van der Waals surface area contributed by atoms with Gasteiger partial charge in [0.05, 0.1) is 0 Å². The summed E-state index contributed by atoms with van der Waals surface area (Å²) in [6, 6.07) is 9.25. The van der Waals surface area contributed by atoms with E-state index in [1.165, 1.54) is 24.3 Å². The van der Waals surface area contributed by atoms with Crippen LogP contribution in [-0.4, -0.2) is 17.8 Å². The number of rotatable bonds is 5. The van der Waals surface area contributed by atoms with Crippen molar-refractivity contribution < 1.29 is 22.6 Å². The van der Waals surface area contributed by atoms with Crippen molar-refractivity contribution in [1.29, 1.82) is 0 Å². The number of nitrogens with two attached hydrogens (primary N) is 1. The van der Waals surface area contributed by atoms with Crippen LogP contribution in [0.25, 0.3) is 0 Å². The van der Waals surface area contributed by atoms with Crippen molar-refractivity contribution >= 4 is 12.4 Å². The van der Waals surface area contributed by atoms with Gasteiger partial charge in [-0.3, -0.25) is 0 Å². The maximum absolute atomic E-state index is 12.0. The summed E-state index contributed by atoms with van der Waals surface area (Å²) in [4.78, 5) is 4.02. The lowest BCUT2D eigenvalue weighted by Gasteiger charge is -2.10. The summed E-state index contributed by atoms with van der Waals surface area (Å²) in [5.41, 5.74) is 6.37. The van der Waals surface area contributed by atoms with Crippen molar-refractivity contribution in [2.24, 2.45) is 5.73 Å². The minimum Gasteiger partial charge on any atom is -0.484 e. The topological polar surface area (TPSA) is 57.4 Å². The molecule has 2 N–H and O–H groups in total. The van der Waals surface area contributed by atoms with E-state index in [2.05, 4.69) is 9.72 Å². The van der Waals surface area contributed by atoms with Gasteiger partial charge >= 0.3 is 6.18 Å². The fourth-order valence-electron chi connectivity index (χ4n) is 1.52. The molecule has 8 heteroatoms. The summed E-state index contributed by atoms with van der Waals surface area (Å²) in [5.74, 6) is 0.918. The highest BCUT2D eigenvalue weighted by Crippen LogP contribution is 2.24. The number of pyridine rings is 1. The zero-order valence-electron chi connectivity index (χ0n) is 11.3. The summed E-state index contributed by atoms with van der Waals surface area (Å²) in [6.45, 7) is -0.962. The molecule has 2 aromatic rings. The van der Waals surface area contributed by atoms with Gasteiger partial charge < -0.3 is 15.2 Å². The van der Waals surface area contributed by atoms with Crippen LogP contribution >= 0.6 is 12.4 Å². The number of benzene rings is 1. The number of nitrogens with zero attached hydrogens (tertiary/aromatic N) is 1. The van der Waals surface area contributed by atoms with E-state index in [-0.39, 0.29) is 18.2 Å². The third-order valence-electron chi connectivity index (χ3n) is 2.48. The molecule has 0 saturated heterocycles. The number of aromatic nitrogens is 1. The smallest absolute Gasteiger partial charge is 0.422 e. The average Bonchev–Trinajstić information content (AvgIpc) is 2.46. The second kappa shape index (κ2) is 7.86. The number of ether oxygens (including phenoxy) is 2. The number of hydrogen-bond acceptors (Lipinski definition) is 4. The van der Waals surface area contributed by atoms with Crippen LogP contribution in [-0.2, 0) is 6.54 Å². The predicted molar refractivity (Wildman–Crippen MR) is 77.4 cm³/mol. The second-order valence-electron chi connectivity index (χ2n) is 4.18. The van der Waals surface area contributed by atoms with Crippen LogP contribution in [0.15, 0.2) is 42.6 Å².